The van der Waals surface area contributed by atoms with Gasteiger partial charge in [0.15, 0.2) is 0 Å². The Morgan fingerprint density at radius 3 is 2.23 bits per heavy atom. The number of benzene rings is 2. The number of carboxylic acids is 1. The summed E-state index contributed by atoms with van der Waals surface area (Å²) < 4.78 is 55.9. The van der Waals surface area contributed by atoms with Crippen molar-refractivity contribution in [2.24, 2.45) is 11.8 Å². The van der Waals surface area contributed by atoms with Crippen LogP contribution in [0.2, 0.25) is 0 Å². The van der Waals surface area contributed by atoms with Crippen LogP contribution in [0.25, 0.3) is 11.1 Å². The number of hydrogen-bond donors (Lipinski definition) is 1. The lowest BCUT2D eigenvalue weighted by molar-refractivity contribution is -0.192. The van der Waals surface area contributed by atoms with E-state index in [1.54, 1.807) is 19.2 Å². The lowest BCUT2D eigenvalue weighted by atomic mass is 9.77. The van der Waals surface area contributed by atoms with Crippen LogP contribution in [0, 0.1) is 17.7 Å². The third-order valence-corrected chi connectivity index (χ3v) is 7.74. The number of alkyl halides is 3. The van der Waals surface area contributed by atoms with Crippen molar-refractivity contribution >= 4 is 23.8 Å². The number of rotatable bonds is 4. The van der Waals surface area contributed by atoms with Crippen LogP contribution in [0.15, 0.2) is 42.5 Å². The Hall–Kier alpha value is -4.00. The second-order valence-electron chi connectivity index (χ2n) is 9.67. The molecule has 0 aromatic heterocycles. The van der Waals surface area contributed by atoms with E-state index in [0.717, 1.165) is 28.0 Å². The molecule has 2 amide bonds. The zero-order valence-electron chi connectivity index (χ0n) is 21.7. The topological polar surface area (TPSA) is 113 Å². The normalized spacial score (nSPS) is 25.7. The summed E-state index contributed by atoms with van der Waals surface area (Å²) in [7, 11) is 4.35. The van der Waals surface area contributed by atoms with Crippen molar-refractivity contribution < 1.29 is 51.3 Å². The average molecular weight is 567 g/mol. The Bertz CT molecular complexity index is 1350. The van der Waals surface area contributed by atoms with Crippen LogP contribution in [0.4, 0.5) is 17.6 Å². The summed E-state index contributed by atoms with van der Waals surface area (Å²) in [4.78, 5) is 51.5. The standard InChI is InChI=1S/C25H25FN2O5.C2HF3O2/c1-27-22(29)19-20(23(27)30)25(24(31)33-3)11-4-12-28(25)21(19)15-7-10-17(18(13-15)32-2)14-5-8-16(26)9-6-14;3-2(4,5)1(6)7/h5-10,13,19-21H,4,11-12H2,1-3H3;(H,6,7)/t19-,20-,21+,25-;/m0./s1. The zero-order valence-corrected chi connectivity index (χ0v) is 21.7. The Morgan fingerprint density at radius 1 is 1.05 bits per heavy atom. The number of likely N-dealkylation sites (tertiary alicyclic amines) is 1. The SMILES string of the molecule is COC(=O)[C@@]12CCCN1[C@H](c1ccc(-c3ccc(F)cc3)c(OC)c1)[C@H]1C(=O)N(C)C(=O)[C@H]12.O=C(O)C(F)(F)F. The number of hydrogen-bond acceptors (Lipinski definition) is 7. The molecule has 0 unspecified atom stereocenters. The van der Waals surface area contributed by atoms with E-state index in [2.05, 4.69) is 0 Å². The predicted octanol–water partition coefficient (Wildman–Crippen LogP) is 3.43. The number of methoxy groups -OCH3 is 2. The monoisotopic (exact) mass is 566 g/mol. The van der Waals surface area contributed by atoms with Crippen LogP contribution >= 0.6 is 0 Å². The minimum atomic E-state index is -5.08. The highest BCUT2D eigenvalue weighted by Crippen LogP contribution is 2.59. The average Bonchev–Trinajstić information content (AvgIpc) is 3.54. The maximum Gasteiger partial charge on any atom is 0.490 e. The first kappa shape index (κ1) is 29.0. The fourth-order valence-electron chi connectivity index (χ4n) is 6.10. The largest absolute Gasteiger partial charge is 0.496 e. The number of carbonyl (C=O) groups excluding carboxylic acids is 3. The lowest BCUT2D eigenvalue weighted by Crippen LogP contribution is -2.54. The number of carboxylic acid groups (broad SMARTS) is 1. The van der Waals surface area contributed by atoms with Crippen molar-refractivity contribution in [3.8, 4) is 16.9 Å². The van der Waals surface area contributed by atoms with Gasteiger partial charge in [-0.1, -0.05) is 24.3 Å². The molecule has 40 heavy (non-hydrogen) atoms. The molecule has 0 spiro atoms. The van der Waals surface area contributed by atoms with Gasteiger partial charge in [-0.15, -0.1) is 0 Å². The first-order valence-electron chi connectivity index (χ1n) is 12.2. The minimum Gasteiger partial charge on any atom is -0.496 e. The summed E-state index contributed by atoms with van der Waals surface area (Å²) in [6, 6.07) is 11.3. The highest BCUT2D eigenvalue weighted by Gasteiger charge is 2.73. The molecule has 2 aromatic carbocycles. The Labute approximate surface area is 226 Å². The number of halogens is 4. The van der Waals surface area contributed by atoms with Crippen molar-refractivity contribution in [1.82, 2.24) is 9.80 Å². The van der Waals surface area contributed by atoms with Gasteiger partial charge in [-0.25, -0.2) is 9.18 Å². The lowest BCUT2D eigenvalue weighted by Gasteiger charge is -2.35. The van der Waals surface area contributed by atoms with Gasteiger partial charge in [0.1, 0.15) is 17.1 Å². The molecular formula is C27H26F4N2O7. The molecule has 5 rings (SSSR count). The summed E-state index contributed by atoms with van der Waals surface area (Å²) in [5, 5.41) is 7.12. The summed E-state index contributed by atoms with van der Waals surface area (Å²) in [6.45, 7) is 0.582. The molecule has 3 aliphatic heterocycles. The number of amides is 2. The summed E-state index contributed by atoms with van der Waals surface area (Å²) >= 11 is 0. The molecule has 2 aromatic rings. The van der Waals surface area contributed by atoms with Crippen LogP contribution in [-0.4, -0.2) is 78.2 Å². The summed E-state index contributed by atoms with van der Waals surface area (Å²) in [5.74, 6) is -5.06. The number of ether oxygens (including phenoxy) is 2. The molecule has 0 radical (unpaired) electrons. The van der Waals surface area contributed by atoms with Gasteiger partial charge < -0.3 is 14.6 Å². The molecule has 3 saturated heterocycles. The Morgan fingerprint density at radius 2 is 1.68 bits per heavy atom. The van der Waals surface area contributed by atoms with Gasteiger partial charge >= 0.3 is 18.1 Å². The van der Waals surface area contributed by atoms with Gasteiger partial charge in [0, 0.05) is 18.7 Å². The number of esters is 1. The highest BCUT2D eigenvalue weighted by atomic mass is 19.4. The number of carbonyl (C=O) groups is 4. The van der Waals surface area contributed by atoms with Gasteiger partial charge in [-0.3, -0.25) is 24.2 Å². The number of imide groups is 1. The van der Waals surface area contributed by atoms with E-state index in [1.807, 2.05) is 23.1 Å². The number of nitrogens with zero attached hydrogens (tertiary/aromatic N) is 2. The van der Waals surface area contributed by atoms with Gasteiger partial charge in [0.25, 0.3) is 0 Å². The van der Waals surface area contributed by atoms with E-state index in [1.165, 1.54) is 26.3 Å². The van der Waals surface area contributed by atoms with Crippen molar-refractivity contribution in [3.05, 3.63) is 53.8 Å². The molecule has 1 N–H and O–H groups in total. The molecule has 13 heteroatoms. The molecule has 3 fully saturated rings. The Balaban J connectivity index is 0.000000470. The third-order valence-electron chi connectivity index (χ3n) is 7.74. The fourth-order valence-corrected chi connectivity index (χ4v) is 6.10. The Kier molecular flexibility index (Phi) is 7.63. The van der Waals surface area contributed by atoms with Gasteiger partial charge in [-0.2, -0.15) is 13.2 Å². The molecule has 4 atom stereocenters. The fraction of sp³-hybridized carbons (Fsp3) is 0.407. The molecule has 3 aliphatic rings. The molecule has 3 heterocycles. The van der Waals surface area contributed by atoms with Crippen molar-refractivity contribution in [1.29, 1.82) is 0 Å². The van der Waals surface area contributed by atoms with E-state index in [9.17, 15) is 31.9 Å². The number of aliphatic carboxylic acids is 1. The van der Waals surface area contributed by atoms with Crippen LogP contribution in [-0.2, 0) is 23.9 Å². The zero-order chi connectivity index (χ0) is 29.6. The van der Waals surface area contributed by atoms with E-state index in [4.69, 9.17) is 19.4 Å². The maximum atomic E-state index is 13.4. The molecule has 0 aliphatic carbocycles. The highest BCUT2D eigenvalue weighted by molar-refractivity contribution is 6.09. The van der Waals surface area contributed by atoms with Gasteiger partial charge in [-0.05, 0) is 48.7 Å². The number of fused-ring (bicyclic) bond motifs is 3. The third kappa shape index (κ3) is 4.57. The molecule has 0 saturated carbocycles. The van der Waals surface area contributed by atoms with Gasteiger partial charge in [0.05, 0.1) is 26.1 Å². The van der Waals surface area contributed by atoms with Crippen LogP contribution < -0.4 is 4.74 Å². The van der Waals surface area contributed by atoms with E-state index in [-0.39, 0.29) is 17.6 Å². The minimum absolute atomic E-state index is 0.283. The maximum absolute atomic E-state index is 13.4. The molecule has 0 bridgehead atoms. The molecular weight excluding hydrogens is 540 g/mol. The first-order valence-corrected chi connectivity index (χ1v) is 12.2. The quantitative estimate of drug-likeness (QED) is 0.340. The van der Waals surface area contributed by atoms with E-state index >= 15 is 0 Å². The van der Waals surface area contributed by atoms with Crippen LogP contribution in [0.3, 0.4) is 0 Å². The van der Waals surface area contributed by atoms with Gasteiger partial charge in [0.2, 0.25) is 11.8 Å². The molecule has 9 nitrogen and oxygen atoms in total. The smallest absolute Gasteiger partial charge is 0.490 e. The van der Waals surface area contributed by atoms with E-state index in [0.29, 0.717) is 18.7 Å². The van der Waals surface area contributed by atoms with Crippen LogP contribution in [0.5, 0.6) is 5.75 Å². The van der Waals surface area contributed by atoms with Crippen molar-refractivity contribution in [2.45, 2.75) is 30.6 Å². The van der Waals surface area contributed by atoms with Crippen molar-refractivity contribution in [2.75, 3.05) is 27.8 Å². The van der Waals surface area contributed by atoms with Crippen LogP contribution in [0.1, 0.15) is 24.4 Å². The van der Waals surface area contributed by atoms with E-state index < -0.39 is 41.5 Å². The van der Waals surface area contributed by atoms with Crippen molar-refractivity contribution in [3.63, 3.8) is 0 Å². The second kappa shape index (κ2) is 10.5. The summed E-state index contributed by atoms with van der Waals surface area (Å²) in [6.07, 6.45) is -3.89. The predicted molar refractivity (Wildman–Crippen MR) is 130 cm³/mol. The molecule has 214 valence electrons. The summed E-state index contributed by atoms with van der Waals surface area (Å²) in [5.41, 5.74) is 1.21. The first-order chi connectivity index (χ1) is 18.8. The second-order valence-corrected chi connectivity index (χ2v) is 9.67.